The second kappa shape index (κ2) is 59.1. The largest absolute Gasteiger partial charge is 0.462 e. The molecular weight excluding hydrogens is 889 g/mol. The summed E-state index contributed by atoms with van der Waals surface area (Å²) in [6.45, 7) is 6.32. The highest BCUT2D eigenvalue weighted by Gasteiger charge is 2.19. The molecule has 0 fully saturated rings. The number of allylic oxidation sites excluding steroid dienone is 22. The van der Waals surface area contributed by atoms with Gasteiger partial charge in [-0.05, 0) is 128 Å². The van der Waals surface area contributed by atoms with Gasteiger partial charge in [0, 0.05) is 19.3 Å². The third kappa shape index (κ3) is 56.5. The Balaban J connectivity index is 4.42. The van der Waals surface area contributed by atoms with Gasteiger partial charge in [-0.25, -0.2) is 0 Å². The van der Waals surface area contributed by atoms with Crippen LogP contribution in [0.5, 0.6) is 0 Å². The molecule has 0 aromatic heterocycles. The molecule has 72 heavy (non-hydrogen) atoms. The predicted octanol–water partition coefficient (Wildman–Crippen LogP) is 19.8. The zero-order valence-electron chi connectivity index (χ0n) is 46.4. The van der Waals surface area contributed by atoms with Gasteiger partial charge in [0.05, 0.1) is 0 Å². The fourth-order valence-corrected chi connectivity index (χ4v) is 7.56. The smallest absolute Gasteiger partial charge is 0.306 e. The average Bonchev–Trinajstić information content (AvgIpc) is 3.38. The molecule has 0 saturated carbocycles. The summed E-state index contributed by atoms with van der Waals surface area (Å²) in [6, 6.07) is 0. The number of carbonyl (C=O) groups excluding carboxylic acids is 3. The predicted molar refractivity (Wildman–Crippen MR) is 311 cm³/mol. The van der Waals surface area contributed by atoms with Crippen LogP contribution in [-0.2, 0) is 28.6 Å². The van der Waals surface area contributed by atoms with Crippen molar-refractivity contribution in [3.8, 4) is 0 Å². The molecule has 0 saturated heterocycles. The van der Waals surface area contributed by atoms with Gasteiger partial charge >= 0.3 is 17.9 Å². The van der Waals surface area contributed by atoms with Crippen LogP contribution in [0.3, 0.4) is 0 Å². The van der Waals surface area contributed by atoms with Gasteiger partial charge in [0.2, 0.25) is 0 Å². The van der Waals surface area contributed by atoms with Gasteiger partial charge in [-0.3, -0.25) is 14.4 Å². The molecule has 0 aliphatic heterocycles. The standard InChI is InChI=1S/C66H106O6/c1-4-7-10-13-16-19-22-25-27-29-30-31-32-33-34-35-36-38-39-41-44-47-50-53-56-59-65(68)71-62-63(61-70-64(67)58-55-52-49-46-43-24-21-18-15-12-9-6-3)72-66(69)60-57-54-51-48-45-42-40-37-28-26-23-20-17-14-11-8-5-2/h7-8,10-11,16-21,25-28,30-31,33-34,40,42,48,51,63H,4-6,9,12-15,22-24,29,32,35-39,41,43-47,49-50,52-62H2,1-3H3/b10-7-,11-8-,19-16-,20-17-,21-18-,27-25-,28-26-,31-30-,34-33-,42-40-,51-48-. The van der Waals surface area contributed by atoms with Gasteiger partial charge < -0.3 is 14.2 Å². The lowest BCUT2D eigenvalue weighted by atomic mass is 10.1. The van der Waals surface area contributed by atoms with Crippen molar-refractivity contribution in [2.75, 3.05) is 13.2 Å². The number of carbonyl (C=O) groups is 3. The first-order valence-corrected chi connectivity index (χ1v) is 29.2. The highest BCUT2D eigenvalue weighted by Crippen LogP contribution is 2.14. The van der Waals surface area contributed by atoms with Crippen molar-refractivity contribution in [3.63, 3.8) is 0 Å². The van der Waals surface area contributed by atoms with E-state index in [9.17, 15) is 14.4 Å². The monoisotopic (exact) mass is 995 g/mol. The molecule has 0 radical (unpaired) electrons. The van der Waals surface area contributed by atoms with Gasteiger partial charge in [0.15, 0.2) is 6.10 Å². The van der Waals surface area contributed by atoms with E-state index in [-0.39, 0.29) is 37.5 Å². The zero-order valence-corrected chi connectivity index (χ0v) is 46.4. The lowest BCUT2D eigenvalue weighted by Crippen LogP contribution is -2.30. The molecule has 1 unspecified atom stereocenters. The maximum absolute atomic E-state index is 12.8. The third-order valence-electron chi connectivity index (χ3n) is 11.9. The van der Waals surface area contributed by atoms with Crippen molar-refractivity contribution in [3.05, 3.63) is 134 Å². The number of unbranched alkanes of at least 4 members (excludes halogenated alkanes) is 18. The van der Waals surface area contributed by atoms with Crippen molar-refractivity contribution in [2.24, 2.45) is 0 Å². The van der Waals surface area contributed by atoms with Gasteiger partial charge in [0.25, 0.3) is 0 Å². The van der Waals surface area contributed by atoms with Crippen LogP contribution in [0.2, 0.25) is 0 Å². The summed E-state index contributed by atoms with van der Waals surface area (Å²) in [5.74, 6) is -0.988. The minimum atomic E-state index is -0.818. The molecule has 6 nitrogen and oxygen atoms in total. The van der Waals surface area contributed by atoms with Crippen LogP contribution in [0.25, 0.3) is 0 Å². The molecule has 0 rings (SSSR count). The van der Waals surface area contributed by atoms with Crippen LogP contribution in [-0.4, -0.2) is 37.2 Å². The minimum Gasteiger partial charge on any atom is -0.462 e. The normalized spacial score (nSPS) is 13.1. The number of rotatable bonds is 51. The van der Waals surface area contributed by atoms with Crippen molar-refractivity contribution in [1.29, 1.82) is 0 Å². The van der Waals surface area contributed by atoms with Gasteiger partial charge in [-0.2, -0.15) is 0 Å². The third-order valence-corrected chi connectivity index (χ3v) is 11.9. The molecule has 0 heterocycles. The Kier molecular flexibility index (Phi) is 55.5. The molecule has 0 amide bonds. The number of ether oxygens (including phenoxy) is 3. The molecule has 0 aromatic rings. The summed E-state index contributed by atoms with van der Waals surface area (Å²) in [5, 5.41) is 0. The minimum absolute atomic E-state index is 0.110. The van der Waals surface area contributed by atoms with Gasteiger partial charge in [-0.1, -0.05) is 231 Å². The van der Waals surface area contributed by atoms with E-state index in [0.717, 1.165) is 128 Å². The molecule has 1 atom stereocenters. The summed E-state index contributed by atoms with van der Waals surface area (Å²) in [7, 11) is 0. The number of hydrogen-bond acceptors (Lipinski definition) is 6. The Bertz CT molecular complexity index is 1560. The van der Waals surface area contributed by atoms with E-state index in [1.54, 1.807) is 0 Å². The maximum Gasteiger partial charge on any atom is 0.306 e. The van der Waals surface area contributed by atoms with Crippen LogP contribution in [0, 0.1) is 0 Å². The zero-order chi connectivity index (χ0) is 52.2. The first-order valence-electron chi connectivity index (χ1n) is 29.2. The van der Waals surface area contributed by atoms with Gasteiger partial charge in [0.1, 0.15) is 13.2 Å². The molecule has 0 N–H and O–H groups in total. The highest BCUT2D eigenvalue weighted by molar-refractivity contribution is 5.71. The summed E-state index contributed by atoms with van der Waals surface area (Å²) in [5.41, 5.74) is 0. The Labute approximate surface area is 443 Å². The van der Waals surface area contributed by atoms with Crippen molar-refractivity contribution in [2.45, 2.75) is 252 Å². The summed E-state index contributed by atoms with van der Waals surface area (Å²) in [6.07, 6.45) is 83.1. The first-order chi connectivity index (χ1) is 35.5. The molecule has 406 valence electrons. The second-order valence-electron chi connectivity index (χ2n) is 18.8. The van der Waals surface area contributed by atoms with Crippen LogP contribution >= 0.6 is 0 Å². The number of hydrogen-bond donors (Lipinski definition) is 0. The van der Waals surface area contributed by atoms with Crippen LogP contribution in [0.15, 0.2) is 134 Å². The van der Waals surface area contributed by atoms with Crippen molar-refractivity contribution < 1.29 is 28.6 Å². The molecule has 0 bridgehead atoms. The second-order valence-corrected chi connectivity index (χ2v) is 18.8. The quantitative estimate of drug-likeness (QED) is 0.0261. The Morgan fingerprint density at radius 1 is 0.292 bits per heavy atom. The van der Waals surface area contributed by atoms with E-state index in [1.165, 1.54) is 70.6 Å². The summed E-state index contributed by atoms with van der Waals surface area (Å²) in [4.78, 5) is 38.1. The van der Waals surface area contributed by atoms with Gasteiger partial charge in [-0.15, -0.1) is 0 Å². The maximum atomic E-state index is 12.8. The van der Waals surface area contributed by atoms with Crippen molar-refractivity contribution in [1.82, 2.24) is 0 Å². The fourth-order valence-electron chi connectivity index (χ4n) is 7.56. The molecular formula is C66H106O6. The lowest BCUT2D eigenvalue weighted by molar-refractivity contribution is -0.167. The Hall–Kier alpha value is -4.45. The molecule has 0 aromatic carbocycles. The highest BCUT2D eigenvalue weighted by atomic mass is 16.6. The Morgan fingerprint density at radius 3 is 0.903 bits per heavy atom. The van der Waals surface area contributed by atoms with Crippen LogP contribution in [0.4, 0.5) is 0 Å². The van der Waals surface area contributed by atoms with Crippen molar-refractivity contribution >= 4 is 17.9 Å². The lowest BCUT2D eigenvalue weighted by Gasteiger charge is -2.18. The SMILES string of the molecule is CC/C=C\C/C=C\C/C=C\C/C=C\C/C=C\CCCCCCCCCCCC(=O)OCC(COC(=O)CCCCCCC/C=C\CCCCC)OC(=O)CCC/C=C\C/C=C\C/C=C\C/C=C\C/C=C\CC. The number of esters is 3. The van der Waals surface area contributed by atoms with Crippen LogP contribution in [0.1, 0.15) is 245 Å². The van der Waals surface area contributed by atoms with E-state index >= 15 is 0 Å². The molecule has 6 heteroatoms. The first kappa shape index (κ1) is 67.5. The van der Waals surface area contributed by atoms with E-state index < -0.39 is 6.10 Å². The van der Waals surface area contributed by atoms with Crippen LogP contribution < -0.4 is 0 Å². The summed E-state index contributed by atoms with van der Waals surface area (Å²) >= 11 is 0. The van der Waals surface area contributed by atoms with E-state index in [0.29, 0.717) is 19.3 Å². The molecule has 0 aliphatic rings. The Morgan fingerprint density at radius 2 is 0.556 bits per heavy atom. The molecule has 0 aliphatic carbocycles. The fraction of sp³-hybridized carbons (Fsp3) is 0.621. The summed E-state index contributed by atoms with van der Waals surface area (Å²) < 4.78 is 16.8. The van der Waals surface area contributed by atoms with E-state index in [1.807, 2.05) is 0 Å². The molecule has 0 spiro atoms. The van der Waals surface area contributed by atoms with E-state index in [4.69, 9.17) is 14.2 Å². The van der Waals surface area contributed by atoms with E-state index in [2.05, 4.69) is 154 Å². The average molecular weight is 996 g/mol. The topological polar surface area (TPSA) is 78.9 Å².